The third kappa shape index (κ3) is 3.22. The second-order valence-electron chi connectivity index (χ2n) is 6.37. The lowest BCUT2D eigenvalue weighted by molar-refractivity contribution is 0.0997. The molecule has 1 aliphatic heterocycles. The highest BCUT2D eigenvalue weighted by atomic mass is 32.1. The molecule has 5 nitrogen and oxygen atoms in total. The number of nitrogens with zero attached hydrogens (tertiary/aromatic N) is 2. The SMILES string of the molecule is C#CCn1c(=NC(=O)c2cc(C)ccc2C)sc2cc3c(cc21)OCCO3. The van der Waals surface area contributed by atoms with Crippen molar-refractivity contribution < 1.29 is 14.3 Å². The van der Waals surface area contributed by atoms with Crippen molar-refractivity contribution in [2.24, 2.45) is 4.99 Å². The van der Waals surface area contributed by atoms with Crippen LogP contribution in [0.3, 0.4) is 0 Å². The Morgan fingerprint density at radius 2 is 1.96 bits per heavy atom. The number of thiazole rings is 1. The average molecular weight is 378 g/mol. The van der Waals surface area contributed by atoms with Gasteiger partial charge in [0.25, 0.3) is 5.91 Å². The second kappa shape index (κ2) is 6.93. The normalized spacial score (nSPS) is 13.6. The molecule has 0 N–H and O–H groups in total. The van der Waals surface area contributed by atoms with E-state index in [1.807, 2.05) is 48.7 Å². The van der Waals surface area contributed by atoms with Crippen LogP contribution in [0.15, 0.2) is 35.3 Å². The van der Waals surface area contributed by atoms with Gasteiger partial charge in [0.05, 0.1) is 16.8 Å². The van der Waals surface area contributed by atoms with Gasteiger partial charge in [-0.15, -0.1) is 6.42 Å². The van der Waals surface area contributed by atoms with E-state index in [1.54, 1.807) is 0 Å². The van der Waals surface area contributed by atoms with Gasteiger partial charge in [-0.3, -0.25) is 4.79 Å². The van der Waals surface area contributed by atoms with Gasteiger partial charge in [-0.25, -0.2) is 0 Å². The fourth-order valence-corrected chi connectivity index (χ4v) is 4.09. The third-order valence-electron chi connectivity index (χ3n) is 4.42. The number of amides is 1. The Balaban J connectivity index is 1.88. The Labute approximate surface area is 160 Å². The number of carbonyl (C=O) groups is 1. The molecular weight excluding hydrogens is 360 g/mol. The standard InChI is InChI=1S/C21H18N2O3S/c1-4-7-23-16-11-17-18(26-9-8-25-17)12-19(16)27-21(23)22-20(24)15-10-13(2)5-6-14(15)3/h1,5-6,10-12H,7-9H2,2-3H3. The third-order valence-corrected chi connectivity index (χ3v) is 5.46. The quantitative estimate of drug-likeness (QED) is 0.642. The molecule has 27 heavy (non-hydrogen) atoms. The van der Waals surface area contributed by atoms with Crippen LogP contribution in [0.25, 0.3) is 10.2 Å². The van der Waals surface area contributed by atoms with Crippen molar-refractivity contribution in [2.45, 2.75) is 20.4 Å². The van der Waals surface area contributed by atoms with Crippen molar-refractivity contribution in [1.82, 2.24) is 4.57 Å². The molecule has 0 fully saturated rings. The Morgan fingerprint density at radius 1 is 1.22 bits per heavy atom. The van der Waals surface area contributed by atoms with E-state index in [9.17, 15) is 4.79 Å². The summed E-state index contributed by atoms with van der Waals surface area (Å²) in [5, 5.41) is 0. The zero-order valence-electron chi connectivity index (χ0n) is 15.1. The predicted molar refractivity (Wildman–Crippen MR) is 105 cm³/mol. The minimum Gasteiger partial charge on any atom is -0.486 e. The Hall–Kier alpha value is -3.04. The average Bonchev–Trinajstić information content (AvgIpc) is 2.98. The van der Waals surface area contributed by atoms with Crippen molar-refractivity contribution in [3.8, 4) is 23.8 Å². The molecule has 2 heterocycles. The van der Waals surface area contributed by atoms with E-state index in [2.05, 4.69) is 10.9 Å². The molecule has 0 saturated heterocycles. The topological polar surface area (TPSA) is 52.8 Å². The van der Waals surface area contributed by atoms with Gasteiger partial charge in [0.1, 0.15) is 13.2 Å². The van der Waals surface area contributed by atoms with Crippen LogP contribution >= 0.6 is 11.3 Å². The van der Waals surface area contributed by atoms with Crippen LogP contribution in [0, 0.1) is 26.2 Å². The minimum atomic E-state index is -0.272. The predicted octanol–water partition coefficient (Wildman–Crippen LogP) is 3.47. The zero-order chi connectivity index (χ0) is 19.0. The molecule has 1 aliphatic rings. The lowest BCUT2D eigenvalue weighted by Crippen LogP contribution is -2.17. The number of terminal acetylenes is 1. The number of carbonyl (C=O) groups excluding carboxylic acids is 1. The number of fused-ring (bicyclic) bond motifs is 2. The summed E-state index contributed by atoms with van der Waals surface area (Å²) in [5.41, 5.74) is 3.41. The van der Waals surface area contributed by atoms with Gasteiger partial charge < -0.3 is 14.0 Å². The maximum absolute atomic E-state index is 12.8. The molecule has 0 saturated carbocycles. The molecule has 0 atom stereocenters. The maximum Gasteiger partial charge on any atom is 0.279 e. The van der Waals surface area contributed by atoms with E-state index in [1.165, 1.54) is 11.3 Å². The molecule has 0 unspecified atom stereocenters. The van der Waals surface area contributed by atoms with E-state index in [0.717, 1.165) is 21.3 Å². The van der Waals surface area contributed by atoms with Gasteiger partial charge in [-0.1, -0.05) is 35.0 Å². The van der Waals surface area contributed by atoms with E-state index < -0.39 is 0 Å². The van der Waals surface area contributed by atoms with E-state index in [0.29, 0.717) is 41.6 Å². The van der Waals surface area contributed by atoms with Crippen molar-refractivity contribution >= 4 is 27.5 Å². The number of benzene rings is 2. The van der Waals surface area contributed by atoms with Crippen LogP contribution in [0.4, 0.5) is 0 Å². The minimum absolute atomic E-state index is 0.272. The highest BCUT2D eigenvalue weighted by Gasteiger charge is 2.17. The summed E-state index contributed by atoms with van der Waals surface area (Å²) in [6, 6.07) is 9.60. The van der Waals surface area contributed by atoms with Gasteiger partial charge in [0.15, 0.2) is 16.3 Å². The van der Waals surface area contributed by atoms with Gasteiger partial charge in [0.2, 0.25) is 0 Å². The summed E-state index contributed by atoms with van der Waals surface area (Å²) in [6.45, 7) is 5.22. The summed E-state index contributed by atoms with van der Waals surface area (Å²) < 4.78 is 14.1. The van der Waals surface area contributed by atoms with Crippen molar-refractivity contribution in [1.29, 1.82) is 0 Å². The first-order chi connectivity index (χ1) is 13.1. The van der Waals surface area contributed by atoms with Gasteiger partial charge in [0, 0.05) is 17.7 Å². The highest BCUT2D eigenvalue weighted by molar-refractivity contribution is 7.16. The summed E-state index contributed by atoms with van der Waals surface area (Å²) >= 11 is 1.41. The highest BCUT2D eigenvalue weighted by Crippen LogP contribution is 2.35. The van der Waals surface area contributed by atoms with Crippen molar-refractivity contribution in [3.05, 3.63) is 51.8 Å². The lowest BCUT2D eigenvalue weighted by atomic mass is 10.1. The van der Waals surface area contributed by atoms with Crippen LogP contribution in [0.2, 0.25) is 0 Å². The van der Waals surface area contributed by atoms with Crippen LogP contribution in [0.1, 0.15) is 21.5 Å². The first-order valence-electron chi connectivity index (χ1n) is 8.59. The molecule has 1 amide bonds. The summed E-state index contributed by atoms with van der Waals surface area (Å²) in [6.07, 6.45) is 5.55. The van der Waals surface area contributed by atoms with Crippen LogP contribution in [-0.2, 0) is 6.54 Å². The number of hydrogen-bond donors (Lipinski definition) is 0. The van der Waals surface area contributed by atoms with Crippen molar-refractivity contribution in [3.63, 3.8) is 0 Å². The van der Waals surface area contributed by atoms with E-state index >= 15 is 0 Å². The molecule has 136 valence electrons. The summed E-state index contributed by atoms with van der Waals surface area (Å²) in [7, 11) is 0. The molecular formula is C21H18N2O3S. The van der Waals surface area contributed by atoms with Crippen LogP contribution in [0.5, 0.6) is 11.5 Å². The monoisotopic (exact) mass is 378 g/mol. The Morgan fingerprint density at radius 3 is 2.70 bits per heavy atom. The first kappa shape index (κ1) is 17.4. The Kier molecular flexibility index (Phi) is 4.46. The number of rotatable bonds is 2. The zero-order valence-corrected chi connectivity index (χ0v) is 15.9. The largest absolute Gasteiger partial charge is 0.486 e. The molecule has 4 rings (SSSR count). The molecule has 0 bridgehead atoms. The fourth-order valence-electron chi connectivity index (χ4n) is 3.05. The maximum atomic E-state index is 12.8. The number of ether oxygens (including phenoxy) is 2. The van der Waals surface area contributed by atoms with E-state index in [-0.39, 0.29) is 5.91 Å². The first-order valence-corrected chi connectivity index (χ1v) is 9.41. The number of aryl methyl sites for hydroxylation is 2. The molecule has 6 heteroatoms. The van der Waals surface area contributed by atoms with Gasteiger partial charge in [-0.05, 0) is 25.5 Å². The number of hydrogen-bond acceptors (Lipinski definition) is 4. The van der Waals surface area contributed by atoms with Gasteiger partial charge >= 0.3 is 0 Å². The van der Waals surface area contributed by atoms with Crippen LogP contribution < -0.4 is 14.3 Å². The molecule has 0 spiro atoms. The molecule has 0 radical (unpaired) electrons. The summed E-state index contributed by atoms with van der Waals surface area (Å²) in [4.78, 5) is 17.7. The molecule has 2 aromatic carbocycles. The Bertz CT molecular complexity index is 1160. The lowest BCUT2D eigenvalue weighted by Gasteiger charge is -2.18. The molecule has 0 aliphatic carbocycles. The van der Waals surface area contributed by atoms with E-state index in [4.69, 9.17) is 15.9 Å². The number of aromatic nitrogens is 1. The van der Waals surface area contributed by atoms with Crippen LogP contribution in [-0.4, -0.2) is 23.7 Å². The smallest absolute Gasteiger partial charge is 0.279 e. The fraction of sp³-hybridized carbons (Fsp3) is 0.238. The van der Waals surface area contributed by atoms with Gasteiger partial charge in [-0.2, -0.15) is 4.99 Å². The molecule has 3 aromatic rings. The van der Waals surface area contributed by atoms with Crippen molar-refractivity contribution in [2.75, 3.05) is 13.2 Å². The second-order valence-corrected chi connectivity index (χ2v) is 7.38. The summed E-state index contributed by atoms with van der Waals surface area (Å²) in [5.74, 6) is 3.76. The molecule has 1 aromatic heterocycles.